The SMILES string of the molecule is [N-]=[N+]=N[C@@H](Cc1ccccc1)C(=O)NCCCCCNC(=O)[C@H](Cc1ccccc1)N=[N+]=[N-]. The van der Waals surface area contributed by atoms with Crippen molar-refractivity contribution in [3.63, 3.8) is 0 Å². The van der Waals surface area contributed by atoms with Crippen molar-refractivity contribution >= 4 is 11.8 Å². The maximum Gasteiger partial charge on any atom is 0.229 e. The third-order valence-electron chi connectivity index (χ3n) is 4.98. The van der Waals surface area contributed by atoms with Gasteiger partial charge in [0.15, 0.2) is 0 Å². The van der Waals surface area contributed by atoms with Crippen LogP contribution in [-0.4, -0.2) is 37.0 Å². The Bertz CT molecular complexity index is 891. The van der Waals surface area contributed by atoms with Gasteiger partial charge in [-0.15, -0.1) is 0 Å². The summed E-state index contributed by atoms with van der Waals surface area (Å²) in [5.74, 6) is -0.605. The number of nitrogens with zero attached hydrogens (tertiary/aromatic N) is 6. The van der Waals surface area contributed by atoms with Crippen molar-refractivity contribution in [3.8, 4) is 0 Å². The molecule has 10 nitrogen and oxygen atoms in total. The normalized spacial score (nSPS) is 11.9. The summed E-state index contributed by atoms with van der Waals surface area (Å²) in [6.07, 6.45) is 2.92. The monoisotopic (exact) mass is 448 g/mol. The highest BCUT2D eigenvalue weighted by Crippen LogP contribution is 2.08. The van der Waals surface area contributed by atoms with E-state index in [1.165, 1.54) is 0 Å². The lowest BCUT2D eigenvalue weighted by atomic mass is 10.1. The molecule has 2 aromatic rings. The van der Waals surface area contributed by atoms with Gasteiger partial charge in [-0.05, 0) is 54.3 Å². The molecule has 0 saturated carbocycles. The number of hydrogen-bond donors (Lipinski definition) is 2. The highest BCUT2D eigenvalue weighted by Gasteiger charge is 2.18. The molecule has 0 heterocycles. The van der Waals surface area contributed by atoms with Crippen molar-refractivity contribution in [2.45, 2.75) is 44.2 Å². The summed E-state index contributed by atoms with van der Waals surface area (Å²) in [4.78, 5) is 30.2. The third kappa shape index (κ3) is 9.78. The topological polar surface area (TPSA) is 156 Å². The molecule has 0 aliphatic rings. The molecular weight excluding hydrogens is 420 g/mol. The largest absolute Gasteiger partial charge is 0.356 e. The summed E-state index contributed by atoms with van der Waals surface area (Å²) in [5.41, 5.74) is 19.3. The number of benzene rings is 2. The molecular formula is C23H28N8O2. The minimum absolute atomic E-state index is 0.303. The zero-order valence-electron chi connectivity index (χ0n) is 18.4. The number of carbonyl (C=O) groups excluding carboxylic acids is 2. The van der Waals surface area contributed by atoms with E-state index in [1.54, 1.807) is 0 Å². The molecule has 2 aromatic carbocycles. The van der Waals surface area contributed by atoms with Crippen LogP contribution in [0.4, 0.5) is 0 Å². The van der Waals surface area contributed by atoms with Gasteiger partial charge < -0.3 is 10.6 Å². The van der Waals surface area contributed by atoms with Crippen molar-refractivity contribution in [1.29, 1.82) is 0 Å². The molecule has 172 valence electrons. The highest BCUT2D eigenvalue weighted by molar-refractivity contribution is 5.82. The van der Waals surface area contributed by atoms with E-state index < -0.39 is 12.1 Å². The Hall–Kier alpha value is -4.00. The van der Waals surface area contributed by atoms with Gasteiger partial charge in [0.1, 0.15) is 12.1 Å². The van der Waals surface area contributed by atoms with Crippen molar-refractivity contribution in [2.75, 3.05) is 13.1 Å². The lowest BCUT2D eigenvalue weighted by Gasteiger charge is -2.13. The number of rotatable bonds is 14. The van der Waals surface area contributed by atoms with Crippen LogP contribution in [0.3, 0.4) is 0 Å². The first-order valence-corrected chi connectivity index (χ1v) is 10.9. The second-order valence-corrected chi connectivity index (χ2v) is 7.46. The second-order valence-electron chi connectivity index (χ2n) is 7.46. The van der Waals surface area contributed by atoms with Crippen LogP contribution in [0.1, 0.15) is 30.4 Å². The van der Waals surface area contributed by atoms with Gasteiger partial charge in [0.2, 0.25) is 11.8 Å². The van der Waals surface area contributed by atoms with Crippen LogP contribution in [0.15, 0.2) is 70.9 Å². The number of azide groups is 2. The highest BCUT2D eigenvalue weighted by atomic mass is 16.2. The van der Waals surface area contributed by atoms with E-state index >= 15 is 0 Å². The maximum absolute atomic E-state index is 12.3. The predicted molar refractivity (Wildman–Crippen MR) is 126 cm³/mol. The minimum atomic E-state index is -0.793. The number of carbonyl (C=O) groups is 2. The Morgan fingerprint density at radius 1 is 0.697 bits per heavy atom. The molecule has 2 N–H and O–H groups in total. The predicted octanol–water partition coefficient (Wildman–Crippen LogP) is 4.23. The average Bonchev–Trinajstić information content (AvgIpc) is 2.84. The van der Waals surface area contributed by atoms with E-state index in [0.29, 0.717) is 25.9 Å². The van der Waals surface area contributed by atoms with Gasteiger partial charge in [0, 0.05) is 22.9 Å². The van der Waals surface area contributed by atoms with E-state index in [2.05, 4.69) is 30.7 Å². The van der Waals surface area contributed by atoms with Crippen LogP contribution in [-0.2, 0) is 22.4 Å². The number of amides is 2. The molecule has 33 heavy (non-hydrogen) atoms. The summed E-state index contributed by atoms with van der Waals surface area (Å²) in [5, 5.41) is 12.8. The molecule has 0 unspecified atom stereocenters. The Kier molecular flexibility index (Phi) is 11.4. The molecule has 0 fully saturated rings. The van der Waals surface area contributed by atoms with Crippen LogP contribution in [0, 0.1) is 0 Å². The first kappa shape index (κ1) is 25.3. The lowest BCUT2D eigenvalue weighted by Crippen LogP contribution is -2.36. The zero-order chi connectivity index (χ0) is 23.7. The summed E-state index contributed by atoms with van der Waals surface area (Å²) < 4.78 is 0. The van der Waals surface area contributed by atoms with Gasteiger partial charge in [0.25, 0.3) is 0 Å². The van der Waals surface area contributed by atoms with Gasteiger partial charge >= 0.3 is 0 Å². The molecule has 2 rings (SSSR count). The summed E-state index contributed by atoms with van der Waals surface area (Å²) >= 11 is 0. The van der Waals surface area contributed by atoms with Gasteiger partial charge in [-0.25, -0.2) is 0 Å². The van der Waals surface area contributed by atoms with Crippen molar-refractivity contribution in [1.82, 2.24) is 10.6 Å². The van der Waals surface area contributed by atoms with E-state index in [9.17, 15) is 9.59 Å². The Morgan fingerprint density at radius 2 is 1.09 bits per heavy atom. The molecule has 2 amide bonds. The summed E-state index contributed by atoms with van der Waals surface area (Å²) in [6, 6.07) is 17.2. The average molecular weight is 449 g/mol. The number of nitrogens with one attached hydrogen (secondary N) is 2. The van der Waals surface area contributed by atoms with E-state index in [1.807, 2.05) is 60.7 Å². The molecule has 0 aromatic heterocycles. The summed E-state index contributed by atoms with van der Waals surface area (Å²) in [7, 11) is 0. The molecule has 0 spiro atoms. The molecule has 0 aliphatic heterocycles. The molecule has 0 aliphatic carbocycles. The molecule has 0 saturated heterocycles. The van der Waals surface area contributed by atoms with Crippen LogP contribution in [0.5, 0.6) is 0 Å². The van der Waals surface area contributed by atoms with Crippen LogP contribution < -0.4 is 10.6 Å². The lowest BCUT2D eigenvalue weighted by molar-refractivity contribution is -0.123. The fraction of sp³-hybridized carbons (Fsp3) is 0.391. The maximum atomic E-state index is 12.3. The zero-order valence-corrected chi connectivity index (χ0v) is 18.4. The van der Waals surface area contributed by atoms with Gasteiger partial charge in [-0.3, -0.25) is 9.59 Å². The van der Waals surface area contributed by atoms with Crippen molar-refractivity contribution < 1.29 is 9.59 Å². The fourth-order valence-corrected chi connectivity index (χ4v) is 3.26. The molecule has 0 bridgehead atoms. The Morgan fingerprint density at radius 3 is 1.45 bits per heavy atom. The third-order valence-corrected chi connectivity index (χ3v) is 4.98. The van der Waals surface area contributed by atoms with E-state index in [-0.39, 0.29) is 11.8 Å². The number of unbranched alkanes of at least 4 members (excludes halogenated alkanes) is 2. The second kappa shape index (κ2) is 14.9. The molecule has 10 heteroatoms. The van der Waals surface area contributed by atoms with Gasteiger partial charge in [0.05, 0.1) is 0 Å². The Balaban J connectivity index is 1.65. The van der Waals surface area contributed by atoms with Crippen LogP contribution in [0.25, 0.3) is 20.9 Å². The van der Waals surface area contributed by atoms with Crippen LogP contribution >= 0.6 is 0 Å². The van der Waals surface area contributed by atoms with E-state index in [4.69, 9.17) is 11.1 Å². The summed E-state index contributed by atoms with van der Waals surface area (Å²) in [6.45, 7) is 0.906. The van der Waals surface area contributed by atoms with Gasteiger partial charge in [-0.1, -0.05) is 70.9 Å². The fourth-order valence-electron chi connectivity index (χ4n) is 3.26. The number of hydrogen-bond acceptors (Lipinski definition) is 4. The quantitative estimate of drug-likeness (QED) is 0.192. The van der Waals surface area contributed by atoms with Crippen molar-refractivity contribution in [3.05, 3.63) is 92.7 Å². The standard InChI is InChI=1S/C23H28N8O2/c24-30-28-20(16-18-10-4-1-5-11-18)22(32)26-14-8-3-9-15-27-23(33)21(29-31-25)17-19-12-6-2-7-13-19/h1-2,4-7,10-13,20-21H,3,8-9,14-17H2,(H,26,32)(H,27,33)/t20-,21-/m0/s1. The Labute approximate surface area is 192 Å². The smallest absolute Gasteiger partial charge is 0.229 e. The minimum Gasteiger partial charge on any atom is -0.356 e. The van der Waals surface area contributed by atoms with Crippen LogP contribution in [0.2, 0.25) is 0 Å². The van der Waals surface area contributed by atoms with E-state index in [0.717, 1.165) is 30.4 Å². The van der Waals surface area contributed by atoms with Crippen molar-refractivity contribution in [2.24, 2.45) is 10.2 Å². The first-order valence-electron chi connectivity index (χ1n) is 10.9. The van der Waals surface area contributed by atoms with Gasteiger partial charge in [-0.2, -0.15) is 0 Å². The first-order chi connectivity index (χ1) is 16.1. The molecule has 2 atom stereocenters. The molecule has 0 radical (unpaired) electrons.